The lowest BCUT2D eigenvalue weighted by atomic mass is 9.97. The van der Waals surface area contributed by atoms with Crippen LogP contribution in [0.15, 0.2) is 72.1 Å². The van der Waals surface area contributed by atoms with Gasteiger partial charge in [0.15, 0.2) is 0 Å². The first kappa shape index (κ1) is 16.0. The highest BCUT2D eigenvalue weighted by molar-refractivity contribution is 6.16. The molecule has 2 N–H and O–H groups in total. The van der Waals surface area contributed by atoms with Crippen molar-refractivity contribution in [3.8, 4) is 5.88 Å². The van der Waals surface area contributed by atoms with Gasteiger partial charge in [0.05, 0.1) is 24.2 Å². The van der Waals surface area contributed by atoms with Gasteiger partial charge in [-0.3, -0.25) is 9.98 Å². The van der Waals surface area contributed by atoms with E-state index in [1.807, 2.05) is 36.4 Å². The summed E-state index contributed by atoms with van der Waals surface area (Å²) >= 11 is 0. The van der Waals surface area contributed by atoms with Crippen LogP contribution in [0.1, 0.15) is 23.1 Å². The molecule has 0 saturated heterocycles. The normalized spacial score (nSPS) is 13.7. The molecule has 0 amide bonds. The molecule has 0 aliphatic carbocycles. The molecule has 1 aliphatic heterocycles. The van der Waals surface area contributed by atoms with Gasteiger partial charge >= 0.3 is 0 Å². The average molecular weight is 342 g/mol. The van der Waals surface area contributed by atoms with Crippen LogP contribution in [0.3, 0.4) is 0 Å². The number of pyridine rings is 2. The predicted molar refractivity (Wildman–Crippen MR) is 104 cm³/mol. The summed E-state index contributed by atoms with van der Waals surface area (Å²) in [4.78, 5) is 13.4. The van der Waals surface area contributed by atoms with Crippen molar-refractivity contribution in [2.75, 3.05) is 12.8 Å². The van der Waals surface area contributed by atoms with Gasteiger partial charge in [0.25, 0.3) is 0 Å². The topological polar surface area (TPSA) is 73.4 Å². The molecule has 3 aromatic rings. The van der Waals surface area contributed by atoms with Gasteiger partial charge in [-0.1, -0.05) is 30.3 Å². The number of benzene rings is 1. The van der Waals surface area contributed by atoms with Crippen LogP contribution >= 0.6 is 0 Å². The lowest BCUT2D eigenvalue weighted by Crippen LogP contribution is -2.00. The van der Waals surface area contributed by atoms with Gasteiger partial charge in [-0.15, -0.1) is 0 Å². The second-order valence-electron chi connectivity index (χ2n) is 5.99. The lowest BCUT2D eigenvalue weighted by Gasteiger charge is -2.09. The SMILES string of the molecule is COc1ncc(C2=C(c3ccncc3)N=C(c3ccccc3)C2)cc1N. The molecule has 2 aromatic heterocycles. The molecule has 0 bridgehead atoms. The third-order valence-electron chi connectivity index (χ3n) is 4.36. The number of aromatic nitrogens is 2. The number of methoxy groups -OCH3 is 1. The Bertz CT molecular complexity index is 995. The van der Waals surface area contributed by atoms with Gasteiger partial charge < -0.3 is 10.5 Å². The van der Waals surface area contributed by atoms with Crippen molar-refractivity contribution in [1.29, 1.82) is 0 Å². The fraction of sp³-hybridized carbons (Fsp3) is 0.0952. The van der Waals surface area contributed by atoms with E-state index in [9.17, 15) is 0 Å². The standard InChI is InChI=1S/C21H18N4O/c1-26-21-18(22)11-16(13-24-21)17-12-19(14-5-3-2-4-6-14)25-20(17)15-7-9-23-10-8-15/h2-11,13H,12,22H2,1H3. The summed E-state index contributed by atoms with van der Waals surface area (Å²) in [6.45, 7) is 0. The maximum absolute atomic E-state index is 6.07. The summed E-state index contributed by atoms with van der Waals surface area (Å²) in [5.41, 5.74) is 12.7. The van der Waals surface area contributed by atoms with Crippen molar-refractivity contribution in [1.82, 2.24) is 9.97 Å². The first-order valence-corrected chi connectivity index (χ1v) is 8.32. The first-order chi connectivity index (χ1) is 12.8. The molecule has 1 aliphatic rings. The molecule has 1 aromatic carbocycles. The van der Waals surface area contributed by atoms with E-state index in [0.717, 1.165) is 40.1 Å². The van der Waals surface area contributed by atoms with Gasteiger partial charge in [0.1, 0.15) is 0 Å². The molecule has 0 spiro atoms. The molecular weight excluding hydrogens is 324 g/mol. The van der Waals surface area contributed by atoms with Crippen LogP contribution < -0.4 is 10.5 Å². The number of rotatable bonds is 4. The van der Waals surface area contributed by atoms with Gasteiger partial charge in [-0.2, -0.15) is 0 Å². The monoisotopic (exact) mass is 342 g/mol. The minimum atomic E-state index is 0.432. The minimum Gasteiger partial charge on any atom is -0.480 e. The number of hydrogen-bond donors (Lipinski definition) is 1. The van der Waals surface area contributed by atoms with Crippen LogP contribution in [0.25, 0.3) is 11.3 Å². The fourth-order valence-corrected chi connectivity index (χ4v) is 3.08. The van der Waals surface area contributed by atoms with Crippen molar-refractivity contribution in [2.24, 2.45) is 4.99 Å². The maximum Gasteiger partial charge on any atom is 0.236 e. The van der Waals surface area contributed by atoms with Gasteiger partial charge in [0.2, 0.25) is 5.88 Å². The third kappa shape index (κ3) is 2.95. The average Bonchev–Trinajstić information content (AvgIpc) is 3.15. The molecule has 0 radical (unpaired) electrons. The van der Waals surface area contributed by atoms with Crippen molar-refractivity contribution in [3.05, 3.63) is 83.8 Å². The Morgan fingerprint density at radius 2 is 1.73 bits per heavy atom. The molecular formula is C21H18N4O. The molecule has 0 unspecified atom stereocenters. The maximum atomic E-state index is 6.07. The Morgan fingerprint density at radius 1 is 0.962 bits per heavy atom. The zero-order valence-electron chi connectivity index (χ0n) is 14.4. The summed E-state index contributed by atoms with van der Waals surface area (Å²) in [7, 11) is 1.56. The molecule has 0 fully saturated rings. The third-order valence-corrected chi connectivity index (χ3v) is 4.36. The number of anilines is 1. The number of nitrogens with two attached hydrogens (primary N) is 1. The molecule has 4 rings (SSSR count). The van der Waals surface area contributed by atoms with E-state index >= 15 is 0 Å². The molecule has 5 heteroatoms. The zero-order chi connectivity index (χ0) is 17.9. The van der Waals surface area contributed by atoms with Crippen molar-refractivity contribution < 1.29 is 4.74 Å². The van der Waals surface area contributed by atoms with Crippen LogP contribution in [0.2, 0.25) is 0 Å². The Balaban J connectivity index is 1.81. The summed E-state index contributed by atoms with van der Waals surface area (Å²) < 4.78 is 5.18. The number of ether oxygens (including phenoxy) is 1. The fourth-order valence-electron chi connectivity index (χ4n) is 3.08. The van der Waals surface area contributed by atoms with E-state index in [1.165, 1.54) is 0 Å². The van der Waals surface area contributed by atoms with Crippen LogP contribution in [0.4, 0.5) is 5.69 Å². The van der Waals surface area contributed by atoms with E-state index < -0.39 is 0 Å². The molecule has 0 atom stereocenters. The number of hydrogen-bond acceptors (Lipinski definition) is 5. The number of aliphatic imine (C=N–C) groups is 1. The summed E-state index contributed by atoms with van der Waals surface area (Å²) in [5, 5.41) is 0. The number of nitrogen functional groups attached to an aromatic ring is 1. The first-order valence-electron chi connectivity index (χ1n) is 8.32. The quantitative estimate of drug-likeness (QED) is 0.782. The van der Waals surface area contributed by atoms with Crippen molar-refractivity contribution in [2.45, 2.75) is 6.42 Å². The number of allylic oxidation sites excluding steroid dienone is 1. The highest BCUT2D eigenvalue weighted by Gasteiger charge is 2.22. The highest BCUT2D eigenvalue weighted by Crippen LogP contribution is 2.38. The Labute approximate surface area is 151 Å². The number of nitrogens with zero attached hydrogens (tertiary/aromatic N) is 3. The predicted octanol–water partition coefficient (Wildman–Crippen LogP) is 3.83. The molecule has 5 nitrogen and oxygen atoms in total. The molecule has 0 saturated carbocycles. The molecule has 3 heterocycles. The largest absolute Gasteiger partial charge is 0.480 e. The van der Waals surface area contributed by atoms with Crippen LogP contribution in [0, 0.1) is 0 Å². The minimum absolute atomic E-state index is 0.432. The van der Waals surface area contributed by atoms with E-state index in [0.29, 0.717) is 11.6 Å². The van der Waals surface area contributed by atoms with Crippen LogP contribution in [-0.2, 0) is 0 Å². The summed E-state index contributed by atoms with van der Waals surface area (Å²) in [6.07, 6.45) is 6.05. The van der Waals surface area contributed by atoms with Gasteiger partial charge in [0, 0.05) is 36.1 Å². The Morgan fingerprint density at radius 3 is 2.42 bits per heavy atom. The van der Waals surface area contributed by atoms with Crippen LogP contribution in [-0.4, -0.2) is 22.8 Å². The van der Waals surface area contributed by atoms with Crippen molar-refractivity contribution in [3.63, 3.8) is 0 Å². The second-order valence-corrected chi connectivity index (χ2v) is 5.99. The molecule has 128 valence electrons. The van der Waals surface area contributed by atoms with E-state index in [4.69, 9.17) is 15.5 Å². The Hall–Kier alpha value is -3.47. The van der Waals surface area contributed by atoms with Crippen molar-refractivity contribution >= 4 is 22.7 Å². The second kappa shape index (κ2) is 6.80. The summed E-state index contributed by atoms with van der Waals surface area (Å²) in [5.74, 6) is 0.432. The van der Waals surface area contributed by atoms with Gasteiger partial charge in [-0.05, 0) is 29.3 Å². The Kier molecular flexibility index (Phi) is 4.19. The highest BCUT2D eigenvalue weighted by atomic mass is 16.5. The van der Waals surface area contributed by atoms with Crippen LogP contribution in [0.5, 0.6) is 5.88 Å². The van der Waals surface area contributed by atoms with E-state index in [1.54, 1.807) is 25.7 Å². The van der Waals surface area contributed by atoms with E-state index in [-0.39, 0.29) is 0 Å². The van der Waals surface area contributed by atoms with E-state index in [2.05, 4.69) is 22.1 Å². The zero-order valence-corrected chi connectivity index (χ0v) is 14.4. The smallest absolute Gasteiger partial charge is 0.236 e. The summed E-state index contributed by atoms with van der Waals surface area (Å²) in [6, 6.07) is 16.0. The lowest BCUT2D eigenvalue weighted by molar-refractivity contribution is 0.400. The van der Waals surface area contributed by atoms with Gasteiger partial charge in [-0.25, -0.2) is 4.98 Å². The molecule has 26 heavy (non-hydrogen) atoms.